The number of ether oxygens (including phenoxy) is 3. The number of rotatable bonds is 7. The fourth-order valence-electron chi connectivity index (χ4n) is 1.60. The highest BCUT2D eigenvalue weighted by Crippen LogP contribution is 2.17. The molecule has 0 saturated heterocycles. The van der Waals surface area contributed by atoms with Crippen LogP contribution < -0.4 is 14.8 Å². The van der Waals surface area contributed by atoms with Crippen LogP contribution in [0.4, 0.5) is 0 Å². The van der Waals surface area contributed by atoms with Crippen LogP contribution in [0.1, 0.15) is 13.3 Å². The van der Waals surface area contributed by atoms with Crippen molar-refractivity contribution in [3.63, 3.8) is 0 Å². The summed E-state index contributed by atoms with van der Waals surface area (Å²) in [6.45, 7) is 1.63. The summed E-state index contributed by atoms with van der Waals surface area (Å²) in [5, 5.41) is 2.52. The van der Waals surface area contributed by atoms with Gasteiger partial charge in [0.15, 0.2) is 0 Å². The molecule has 20 heavy (non-hydrogen) atoms. The molecule has 0 aliphatic carbocycles. The summed E-state index contributed by atoms with van der Waals surface area (Å²) in [5.41, 5.74) is 0. The van der Waals surface area contributed by atoms with Gasteiger partial charge in [-0.05, 0) is 24.3 Å². The maximum Gasteiger partial charge on any atom is 0.328 e. The van der Waals surface area contributed by atoms with Gasteiger partial charge in [0.05, 0.1) is 20.8 Å². The quantitative estimate of drug-likeness (QED) is 0.759. The molecule has 6 heteroatoms. The minimum Gasteiger partial charge on any atom is -0.497 e. The molecule has 0 spiro atoms. The fraction of sp³-hybridized carbons (Fsp3) is 0.429. The average Bonchev–Trinajstić information content (AvgIpc) is 2.45. The Morgan fingerprint density at radius 2 is 1.75 bits per heavy atom. The second-order valence-electron chi connectivity index (χ2n) is 4.09. The van der Waals surface area contributed by atoms with Gasteiger partial charge in [-0.25, -0.2) is 4.79 Å². The first-order valence-corrected chi connectivity index (χ1v) is 6.18. The first-order chi connectivity index (χ1) is 9.56. The monoisotopic (exact) mass is 281 g/mol. The van der Waals surface area contributed by atoms with Crippen molar-refractivity contribution in [3.8, 4) is 11.5 Å². The van der Waals surface area contributed by atoms with Crippen molar-refractivity contribution < 1.29 is 23.8 Å². The molecule has 0 heterocycles. The lowest BCUT2D eigenvalue weighted by atomic mass is 10.2. The maximum atomic E-state index is 11.5. The van der Waals surface area contributed by atoms with Crippen molar-refractivity contribution in [3.05, 3.63) is 24.3 Å². The molecule has 6 nitrogen and oxygen atoms in total. The number of benzene rings is 1. The molecule has 0 radical (unpaired) electrons. The Morgan fingerprint density at radius 3 is 2.25 bits per heavy atom. The van der Waals surface area contributed by atoms with Gasteiger partial charge < -0.3 is 19.5 Å². The SMILES string of the molecule is COC(=O)C(CCOc1ccc(OC)cc1)NC(C)=O. The second-order valence-corrected chi connectivity index (χ2v) is 4.09. The molecule has 1 N–H and O–H groups in total. The van der Waals surface area contributed by atoms with Crippen molar-refractivity contribution in [1.29, 1.82) is 0 Å². The molecular weight excluding hydrogens is 262 g/mol. The van der Waals surface area contributed by atoms with E-state index in [1.807, 2.05) is 0 Å². The topological polar surface area (TPSA) is 73.9 Å². The van der Waals surface area contributed by atoms with Crippen LogP contribution in [-0.4, -0.2) is 38.7 Å². The summed E-state index contributed by atoms with van der Waals surface area (Å²) in [5.74, 6) is 0.628. The van der Waals surface area contributed by atoms with Crippen molar-refractivity contribution >= 4 is 11.9 Å². The second kappa shape index (κ2) is 8.04. The van der Waals surface area contributed by atoms with Gasteiger partial charge in [0.25, 0.3) is 0 Å². The lowest BCUT2D eigenvalue weighted by molar-refractivity contribution is -0.145. The van der Waals surface area contributed by atoms with Crippen LogP contribution in [0.5, 0.6) is 11.5 Å². The van der Waals surface area contributed by atoms with Crippen LogP contribution in [0, 0.1) is 0 Å². The lowest BCUT2D eigenvalue weighted by Gasteiger charge is -2.15. The first-order valence-electron chi connectivity index (χ1n) is 6.18. The number of hydrogen-bond donors (Lipinski definition) is 1. The molecule has 1 atom stereocenters. The van der Waals surface area contributed by atoms with E-state index in [0.29, 0.717) is 12.2 Å². The molecule has 0 fully saturated rings. The number of carbonyl (C=O) groups is 2. The van der Waals surface area contributed by atoms with E-state index in [0.717, 1.165) is 5.75 Å². The van der Waals surface area contributed by atoms with E-state index in [9.17, 15) is 9.59 Å². The molecule has 1 unspecified atom stereocenters. The van der Waals surface area contributed by atoms with E-state index in [-0.39, 0.29) is 12.5 Å². The van der Waals surface area contributed by atoms with Crippen LogP contribution in [0.15, 0.2) is 24.3 Å². The fourth-order valence-corrected chi connectivity index (χ4v) is 1.60. The maximum absolute atomic E-state index is 11.5. The normalized spacial score (nSPS) is 11.3. The van der Waals surface area contributed by atoms with E-state index in [1.165, 1.54) is 14.0 Å². The highest BCUT2D eigenvalue weighted by Gasteiger charge is 2.19. The summed E-state index contributed by atoms with van der Waals surface area (Å²) >= 11 is 0. The molecule has 110 valence electrons. The average molecular weight is 281 g/mol. The minimum atomic E-state index is -0.698. The predicted molar refractivity (Wildman–Crippen MR) is 72.7 cm³/mol. The third kappa shape index (κ3) is 5.17. The molecule has 1 aromatic rings. The molecule has 0 saturated carbocycles. The Balaban J connectivity index is 2.46. The third-order valence-corrected chi connectivity index (χ3v) is 2.60. The number of amides is 1. The van der Waals surface area contributed by atoms with Crippen LogP contribution in [0.25, 0.3) is 0 Å². The number of methoxy groups -OCH3 is 2. The summed E-state index contributed by atoms with van der Waals surface area (Å²) in [4.78, 5) is 22.5. The summed E-state index contributed by atoms with van der Waals surface area (Å²) in [7, 11) is 2.87. The van der Waals surface area contributed by atoms with Gasteiger partial charge in [-0.15, -0.1) is 0 Å². The van der Waals surface area contributed by atoms with Crippen molar-refractivity contribution in [2.24, 2.45) is 0 Å². The van der Waals surface area contributed by atoms with Gasteiger partial charge in [-0.1, -0.05) is 0 Å². The minimum absolute atomic E-state index is 0.284. The Bertz CT molecular complexity index is 443. The Morgan fingerprint density at radius 1 is 1.15 bits per heavy atom. The smallest absolute Gasteiger partial charge is 0.328 e. The van der Waals surface area contributed by atoms with Crippen LogP contribution in [0.3, 0.4) is 0 Å². The van der Waals surface area contributed by atoms with Gasteiger partial charge in [0.1, 0.15) is 17.5 Å². The highest BCUT2D eigenvalue weighted by molar-refractivity contribution is 5.83. The van der Waals surface area contributed by atoms with E-state index >= 15 is 0 Å². The zero-order chi connectivity index (χ0) is 15.0. The molecule has 1 amide bonds. The highest BCUT2D eigenvalue weighted by atomic mass is 16.5. The molecule has 0 bridgehead atoms. The van der Waals surface area contributed by atoms with Gasteiger partial charge >= 0.3 is 5.97 Å². The van der Waals surface area contributed by atoms with Gasteiger partial charge in [0.2, 0.25) is 5.91 Å². The number of hydrogen-bond acceptors (Lipinski definition) is 5. The van der Waals surface area contributed by atoms with E-state index in [2.05, 4.69) is 10.1 Å². The summed E-state index contributed by atoms with van der Waals surface area (Å²) < 4.78 is 15.2. The van der Waals surface area contributed by atoms with Crippen LogP contribution in [-0.2, 0) is 14.3 Å². The summed E-state index contributed by atoms with van der Waals surface area (Å²) in [6, 6.07) is 6.40. The summed E-state index contributed by atoms with van der Waals surface area (Å²) in [6.07, 6.45) is 0.332. The zero-order valence-corrected chi connectivity index (χ0v) is 11.8. The van der Waals surface area contributed by atoms with Gasteiger partial charge in [-0.3, -0.25) is 4.79 Å². The molecule has 1 aromatic carbocycles. The number of carbonyl (C=O) groups excluding carboxylic acids is 2. The number of esters is 1. The third-order valence-electron chi connectivity index (χ3n) is 2.60. The van der Waals surface area contributed by atoms with Crippen LogP contribution >= 0.6 is 0 Å². The van der Waals surface area contributed by atoms with E-state index in [4.69, 9.17) is 9.47 Å². The Kier molecular flexibility index (Phi) is 6.36. The molecule has 0 aliphatic heterocycles. The molecule has 1 rings (SSSR count). The largest absolute Gasteiger partial charge is 0.497 e. The molecule has 0 aromatic heterocycles. The zero-order valence-electron chi connectivity index (χ0n) is 11.8. The van der Waals surface area contributed by atoms with Gasteiger partial charge in [-0.2, -0.15) is 0 Å². The lowest BCUT2D eigenvalue weighted by Crippen LogP contribution is -2.41. The predicted octanol–water partition coefficient (Wildman–Crippen LogP) is 1.14. The Labute approximate surface area is 118 Å². The Hall–Kier alpha value is -2.24. The van der Waals surface area contributed by atoms with E-state index in [1.54, 1.807) is 31.4 Å². The van der Waals surface area contributed by atoms with Crippen LogP contribution in [0.2, 0.25) is 0 Å². The first kappa shape index (κ1) is 15.8. The standard InChI is InChI=1S/C14H19NO5/c1-10(16)15-13(14(17)19-3)8-9-20-12-6-4-11(18-2)5-7-12/h4-7,13H,8-9H2,1-3H3,(H,15,16). The molecular formula is C14H19NO5. The van der Waals surface area contributed by atoms with Crippen molar-refractivity contribution in [1.82, 2.24) is 5.32 Å². The molecule has 0 aliphatic rings. The van der Waals surface area contributed by atoms with E-state index < -0.39 is 12.0 Å². The van der Waals surface area contributed by atoms with Gasteiger partial charge in [0, 0.05) is 13.3 Å². The van der Waals surface area contributed by atoms with Crippen molar-refractivity contribution in [2.75, 3.05) is 20.8 Å². The van der Waals surface area contributed by atoms with Crippen molar-refractivity contribution in [2.45, 2.75) is 19.4 Å². The number of nitrogens with one attached hydrogen (secondary N) is 1.